The van der Waals surface area contributed by atoms with Gasteiger partial charge in [0, 0.05) is 25.5 Å². The van der Waals surface area contributed by atoms with Crippen LogP contribution in [0, 0.1) is 13.8 Å². The van der Waals surface area contributed by atoms with Crippen LogP contribution in [-0.2, 0) is 20.6 Å². The van der Waals surface area contributed by atoms with Gasteiger partial charge in [-0.1, -0.05) is 40.9 Å². The molecule has 2 aromatic carbocycles. The van der Waals surface area contributed by atoms with Crippen LogP contribution in [0.2, 0.25) is 5.02 Å². The smallest absolute Gasteiger partial charge is 0.244 e. The van der Waals surface area contributed by atoms with Gasteiger partial charge in [0.15, 0.2) is 0 Å². The molecule has 0 saturated carbocycles. The van der Waals surface area contributed by atoms with Crippen LogP contribution in [-0.4, -0.2) is 38.0 Å². The molecule has 0 fully saturated rings. The lowest BCUT2D eigenvalue weighted by Gasteiger charge is -2.16. The average Bonchev–Trinajstić information content (AvgIpc) is 2.60. The summed E-state index contributed by atoms with van der Waals surface area (Å²) in [6, 6.07) is 10.8. The van der Waals surface area contributed by atoms with Crippen LogP contribution in [0.4, 0.5) is 5.69 Å². The minimum atomic E-state index is -3.70. The second kappa shape index (κ2) is 9.31. The van der Waals surface area contributed by atoms with E-state index in [9.17, 15) is 13.2 Å². The number of aryl methyl sites for hydroxylation is 2. The summed E-state index contributed by atoms with van der Waals surface area (Å²) in [6.07, 6.45) is 0. The molecule has 0 unspecified atom stereocenters. The Kier molecular flexibility index (Phi) is 7.56. The zero-order valence-corrected chi connectivity index (χ0v) is 19.0. The largest absolute Gasteiger partial charge is 0.325 e. The van der Waals surface area contributed by atoms with Crippen molar-refractivity contribution in [1.82, 2.24) is 4.31 Å². The average molecular weight is 441 g/mol. The van der Waals surface area contributed by atoms with E-state index < -0.39 is 10.0 Å². The van der Waals surface area contributed by atoms with Crippen molar-refractivity contribution in [1.29, 1.82) is 0 Å². The molecule has 2 rings (SSSR count). The van der Waals surface area contributed by atoms with Crippen LogP contribution >= 0.6 is 23.4 Å². The Morgan fingerprint density at radius 3 is 2.32 bits per heavy atom. The molecule has 0 aliphatic heterocycles. The third-order valence-corrected chi connectivity index (χ3v) is 7.62. The second-order valence-electron chi connectivity index (χ2n) is 6.87. The van der Waals surface area contributed by atoms with Crippen LogP contribution in [0.1, 0.15) is 23.6 Å². The molecule has 0 aromatic heterocycles. The molecule has 1 atom stereocenters. The van der Waals surface area contributed by atoms with Gasteiger partial charge >= 0.3 is 0 Å². The molecule has 0 spiro atoms. The first-order chi connectivity index (χ1) is 13.0. The van der Waals surface area contributed by atoms with Crippen LogP contribution in [0.25, 0.3) is 0 Å². The molecule has 0 aliphatic rings. The highest BCUT2D eigenvalue weighted by Gasteiger charge is 2.22. The van der Waals surface area contributed by atoms with Gasteiger partial charge in [0.1, 0.15) is 4.90 Å². The molecule has 0 aliphatic carbocycles. The van der Waals surface area contributed by atoms with Crippen molar-refractivity contribution in [3.05, 3.63) is 58.1 Å². The monoisotopic (exact) mass is 440 g/mol. The number of carbonyl (C=O) groups is 1. The van der Waals surface area contributed by atoms with Gasteiger partial charge in [0.05, 0.1) is 10.3 Å². The van der Waals surface area contributed by atoms with Gasteiger partial charge in [0.2, 0.25) is 15.9 Å². The first kappa shape index (κ1) is 22.7. The van der Waals surface area contributed by atoms with Crippen molar-refractivity contribution in [3.63, 3.8) is 0 Å². The van der Waals surface area contributed by atoms with Gasteiger partial charge in [0.25, 0.3) is 0 Å². The van der Waals surface area contributed by atoms with Crippen molar-refractivity contribution in [2.24, 2.45) is 0 Å². The van der Waals surface area contributed by atoms with Gasteiger partial charge in [-0.05, 0) is 44.5 Å². The van der Waals surface area contributed by atoms with Crippen molar-refractivity contribution >= 4 is 45.0 Å². The summed E-state index contributed by atoms with van der Waals surface area (Å²) in [7, 11) is -0.829. The minimum Gasteiger partial charge on any atom is -0.325 e. The normalized spacial score (nSPS) is 12.8. The summed E-state index contributed by atoms with van der Waals surface area (Å²) in [6.45, 7) is 5.93. The summed E-state index contributed by atoms with van der Waals surface area (Å²) >= 11 is 7.57. The van der Waals surface area contributed by atoms with E-state index >= 15 is 0 Å². The summed E-state index contributed by atoms with van der Waals surface area (Å²) in [4.78, 5) is 12.5. The van der Waals surface area contributed by atoms with Gasteiger partial charge in [-0.15, -0.1) is 11.8 Å². The molecule has 2 aromatic rings. The molecule has 8 heteroatoms. The minimum absolute atomic E-state index is 0.0347. The topological polar surface area (TPSA) is 66.5 Å². The van der Waals surface area contributed by atoms with Crippen LogP contribution in [0.3, 0.4) is 0 Å². The molecule has 0 saturated heterocycles. The van der Waals surface area contributed by atoms with Gasteiger partial charge in [-0.25, -0.2) is 12.7 Å². The number of amides is 1. The van der Waals surface area contributed by atoms with E-state index in [1.165, 1.54) is 54.7 Å². The summed E-state index contributed by atoms with van der Waals surface area (Å²) < 4.78 is 25.8. The number of hydrogen-bond donors (Lipinski definition) is 1. The Hall–Kier alpha value is -1.54. The number of sulfonamides is 1. The Morgan fingerprint density at radius 1 is 1.14 bits per heavy atom. The van der Waals surface area contributed by atoms with E-state index in [1.54, 1.807) is 6.07 Å². The van der Waals surface area contributed by atoms with Gasteiger partial charge in [-0.3, -0.25) is 4.79 Å². The van der Waals surface area contributed by atoms with E-state index in [2.05, 4.69) is 37.4 Å². The summed E-state index contributed by atoms with van der Waals surface area (Å²) in [5, 5.41) is 2.59. The molecule has 0 radical (unpaired) electrons. The number of halogens is 1. The Morgan fingerprint density at radius 2 is 1.75 bits per heavy atom. The zero-order chi connectivity index (χ0) is 21.1. The highest BCUT2D eigenvalue weighted by atomic mass is 35.5. The predicted octanol–water partition coefficient (Wildman–Crippen LogP) is 4.47. The van der Waals surface area contributed by atoms with Crippen molar-refractivity contribution < 1.29 is 13.2 Å². The molecule has 5 nitrogen and oxygen atoms in total. The van der Waals surface area contributed by atoms with Crippen LogP contribution in [0.15, 0.2) is 41.3 Å². The highest BCUT2D eigenvalue weighted by molar-refractivity contribution is 7.99. The van der Waals surface area contributed by atoms with E-state index in [-0.39, 0.29) is 21.1 Å². The lowest BCUT2D eigenvalue weighted by Crippen LogP contribution is -2.24. The van der Waals surface area contributed by atoms with E-state index in [1.807, 2.05) is 6.92 Å². The van der Waals surface area contributed by atoms with Crippen molar-refractivity contribution in [2.45, 2.75) is 36.7 Å². The molecular formula is C20H25ClN2O3S2. The lowest BCUT2D eigenvalue weighted by molar-refractivity contribution is -0.115. The van der Waals surface area contributed by atoms with Crippen LogP contribution < -0.4 is 5.32 Å². The van der Waals surface area contributed by atoms with E-state index in [0.717, 1.165) is 10.1 Å². The summed E-state index contributed by atoms with van der Waals surface area (Å²) in [5.74, 6) is 0.530. The van der Waals surface area contributed by atoms with Crippen molar-refractivity contribution in [3.8, 4) is 0 Å². The standard InChI is InChI=1S/C20H25ClN2O3S2/c1-13-8-14(2)10-16(9-13)12-27-15(3)20(24)22-17-6-7-18(21)19(11-17)28(25,26)23(4)5/h6-11,15H,12H2,1-5H3,(H,22,24)/t15-/m1/s1. The quantitative estimate of drug-likeness (QED) is 0.689. The van der Waals surface area contributed by atoms with Gasteiger partial charge in [-0.2, -0.15) is 0 Å². The molecular weight excluding hydrogens is 416 g/mol. The maximum atomic E-state index is 12.5. The number of carbonyl (C=O) groups excluding carboxylic acids is 1. The number of anilines is 1. The molecule has 1 N–H and O–H groups in total. The van der Waals surface area contributed by atoms with E-state index in [4.69, 9.17) is 11.6 Å². The third kappa shape index (κ3) is 5.73. The number of rotatable bonds is 7. The first-order valence-corrected chi connectivity index (χ1v) is 11.6. The maximum absolute atomic E-state index is 12.5. The number of nitrogens with zero attached hydrogens (tertiary/aromatic N) is 1. The number of benzene rings is 2. The third-order valence-electron chi connectivity index (χ3n) is 4.11. The lowest BCUT2D eigenvalue weighted by atomic mass is 10.1. The van der Waals surface area contributed by atoms with Crippen molar-refractivity contribution in [2.75, 3.05) is 19.4 Å². The molecule has 0 heterocycles. The highest BCUT2D eigenvalue weighted by Crippen LogP contribution is 2.27. The number of hydrogen-bond acceptors (Lipinski definition) is 4. The molecule has 0 bridgehead atoms. The molecule has 1 amide bonds. The molecule has 28 heavy (non-hydrogen) atoms. The number of thioether (sulfide) groups is 1. The van der Waals surface area contributed by atoms with Gasteiger partial charge < -0.3 is 5.32 Å². The fraction of sp³-hybridized carbons (Fsp3) is 0.350. The van der Waals surface area contributed by atoms with Crippen LogP contribution in [0.5, 0.6) is 0 Å². The molecule has 152 valence electrons. The Labute approximate surface area is 176 Å². The van der Waals surface area contributed by atoms with E-state index in [0.29, 0.717) is 5.69 Å². The SMILES string of the molecule is Cc1cc(C)cc(CS[C@H](C)C(=O)Nc2ccc(Cl)c(S(=O)(=O)N(C)C)c2)c1. The first-order valence-electron chi connectivity index (χ1n) is 8.72. The fourth-order valence-electron chi connectivity index (χ4n) is 2.67. The second-order valence-corrected chi connectivity index (χ2v) is 10.7. The maximum Gasteiger partial charge on any atom is 0.244 e. The zero-order valence-electron chi connectivity index (χ0n) is 16.6. The summed E-state index contributed by atoms with van der Waals surface area (Å²) in [5.41, 5.74) is 3.97. The Balaban J connectivity index is 2.07. The number of nitrogens with one attached hydrogen (secondary N) is 1. The fourth-order valence-corrected chi connectivity index (χ4v) is 4.88. The predicted molar refractivity (Wildman–Crippen MR) is 118 cm³/mol. The Bertz CT molecular complexity index is 955.